The summed E-state index contributed by atoms with van der Waals surface area (Å²) in [5, 5.41) is 2.85. The van der Waals surface area contributed by atoms with Gasteiger partial charge in [-0.2, -0.15) is 8.78 Å². The molecule has 1 aliphatic rings. The molecule has 0 saturated heterocycles. The number of hydrogen-bond donors (Lipinski definition) is 1. The van der Waals surface area contributed by atoms with E-state index in [9.17, 15) is 13.6 Å². The van der Waals surface area contributed by atoms with Gasteiger partial charge in [-0.3, -0.25) is 4.79 Å². The molecular weight excluding hydrogens is 332 g/mol. The van der Waals surface area contributed by atoms with Gasteiger partial charge in [-0.1, -0.05) is 30.3 Å². The van der Waals surface area contributed by atoms with E-state index in [-0.39, 0.29) is 22.9 Å². The molecule has 0 fully saturated rings. The van der Waals surface area contributed by atoms with Crippen molar-refractivity contribution in [2.45, 2.75) is 36.1 Å². The first-order chi connectivity index (χ1) is 11.5. The van der Waals surface area contributed by atoms with Crippen molar-refractivity contribution < 1.29 is 18.3 Å². The molecule has 0 aliphatic carbocycles. The van der Waals surface area contributed by atoms with Crippen molar-refractivity contribution >= 4 is 17.7 Å². The van der Waals surface area contributed by atoms with E-state index in [1.165, 1.54) is 17.7 Å². The maximum Gasteiger partial charge on any atom is 0.387 e. The van der Waals surface area contributed by atoms with E-state index >= 15 is 0 Å². The molecule has 1 N–H and O–H groups in total. The average Bonchev–Trinajstić information content (AvgIpc) is 2.99. The summed E-state index contributed by atoms with van der Waals surface area (Å²) in [4.78, 5) is 13.6. The minimum absolute atomic E-state index is 0.0170. The van der Waals surface area contributed by atoms with Gasteiger partial charge in [0.25, 0.3) is 0 Å². The number of halogens is 2. The van der Waals surface area contributed by atoms with E-state index in [0.29, 0.717) is 0 Å². The number of carbonyl (C=O) groups excluding carboxylic acids is 1. The lowest BCUT2D eigenvalue weighted by molar-refractivity contribution is -0.121. The number of alkyl halides is 2. The molecule has 2 aromatic rings. The summed E-state index contributed by atoms with van der Waals surface area (Å²) in [5.74, 6) is 0.0886. The fourth-order valence-electron chi connectivity index (χ4n) is 2.66. The second-order valence-corrected chi connectivity index (χ2v) is 6.84. The lowest BCUT2D eigenvalue weighted by atomic mass is 10.1. The van der Waals surface area contributed by atoms with Crippen LogP contribution in [-0.2, 0) is 11.2 Å². The van der Waals surface area contributed by atoms with E-state index in [1.54, 1.807) is 23.9 Å². The van der Waals surface area contributed by atoms with E-state index in [0.717, 1.165) is 16.9 Å². The van der Waals surface area contributed by atoms with Crippen molar-refractivity contribution in [2.75, 3.05) is 0 Å². The molecule has 0 spiro atoms. The molecule has 1 heterocycles. The number of rotatable bonds is 5. The van der Waals surface area contributed by atoms with Crippen LogP contribution in [0.5, 0.6) is 5.75 Å². The monoisotopic (exact) mass is 349 g/mol. The standard InChI is InChI=1S/C18H17F2NO2S/c1-11(12-6-8-14(9-7-12)23-18(19)20)21-17(22)16-10-13-4-2-3-5-15(13)24-16/h2-9,11,16,18H,10H2,1H3,(H,21,22). The van der Waals surface area contributed by atoms with Crippen LogP contribution in [0.25, 0.3) is 0 Å². The van der Waals surface area contributed by atoms with E-state index in [1.807, 2.05) is 31.2 Å². The van der Waals surface area contributed by atoms with Crippen LogP contribution in [0.3, 0.4) is 0 Å². The first-order valence-corrected chi connectivity index (χ1v) is 8.50. The largest absolute Gasteiger partial charge is 0.435 e. The highest BCUT2D eigenvalue weighted by atomic mass is 32.2. The fraction of sp³-hybridized carbons (Fsp3) is 0.278. The molecule has 2 unspecified atom stereocenters. The molecule has 3 rings (SSSR count). The molecule has 0 radical (unpaired) electrons. The Kier molecular flexibility index (Phi) is 5.04. The van der Waals surface area contributed by atoms with Gasteiger partial charge >= 0.3 is 6.61 Å². The van der Waals surface area contributed by atoms with Crippen LogP contribution in [0.2, 0.25) is 0 Å². The molecule has 1 aliphatic heterocycles. The number of fused-ring (bicyclic) bond motifs is 1. The summed E-state index contributed by atoms with van der Waals surface area (Å²) >= 11 is 1.58. The molecule has 126 valence electrons. The zero-order chi connectivity index (χ0) is 17.1. The molecule has 3 nitrogen and oxygen atoms in total. The maximum absolute atomic E-state index is 12.5. The Balaban J connectivity index is 1.59. The number of carbonyl (C=O) groups is 1. The minimum Gasteiger partial charge on any atom is -0.435 e. The molecule has 24 heavy (non-hydrogen) atoms. The predicted molar refractivity (Wildman–Crippen MR) is 89.4 cm³/mol. The van der Waals surface area contributed by atoms with Crippen LogP contribution in [0.15, 0.2) is 53.4 Å². The summed E-state index contributed by atoms with van der Waals surface area (Å²) in [6.07, 6.45) is 0.723. The van der Waals surface area contributed by atoms with Crippen molar-refractivity contribution in [3.63, 3.8) is 0 Å². The summed E-state index contributed by atoms with van der Waals surface area (Å²) in [7, 11) is 0. The van der Waals surface area contributed by atoms with Gasteiger partial charge in [-0.15, -0.1) is 11.8 Å². The van der Waals surface area contributed by atoms with E-state index in [2.05, 4.69) is 10.1 Å². The van der Waals surface area contributed by atoms with Crippen LogP contribution in [-0.4, -0.2) is 17.8 Å². The summed E-state index contributed by atoms with van der Waals surface area (Å²) in [5.41, 5.74) is 2.04. The number of thioether (sulfide) groups is 1. The van der Waals surface area contributed by atoms with Gasteiger partial charge in [0.05, 0.1) is 11.3 Å². The summed E-state index contributed by atoms with van der Waals surface area (Å²) in [6.45, 7) is -0.970. The number of nitrogens with one attached hydrogen (secondary N) is 1. The second kappa shape index (κ2) is 7.21. The van der Waals surface area contributed by atoms with Gasteiger partial charge in [0.15, 0.2) is 0 Å². The van der Waals surface area contributed by atoms with Crippen LogP contribution in [0.1, 0.15) is 24.1 Å². The van der Waals surface area contributed by atoms with Crippen molar-refractivity contribution in [3.8, 4) is 5.75 Å². The lowest BCUT2D eigenvalue weighted by Crippen LogP contribution is -2.34. The normalized spacial score (nSPS) is 17.4. The van der Waals surface area contributed by atoms with Gasteiger partial charge in [0.2, 0.25) is 5.91 Å². The van der Waals surface area contributed by atoms with Crippen molar-refractivity contribution in [2.24, 2.45) is 0 Å². The molecule has 2 atom stereocenters. The fourth-order valence-corrected chi connectivity index (χ4v) is 3.86. The minimum atomic E-state index is -2.84. The Bertz CT molecular complexity index is 696. The average molecular weight is 349 g/mol. The van der Waals surface area contributed by atoms with Gasteiger partial charge in [-0.25, -0.2) is 0 Å². The molecule has 0 saturated carbocycles. The first-order valence-electron chi connectivity index (χ1n) is 7.62. The Hall–Kier alpha value is -2.08. The molecule has 0 aromatic heterocycles. The first kappa shape index (κ1) is 16.8. The third-order valence-electron chi connectivity index (χ3n) is 3.90. The van der Waals surface area contributed by atoms with Crippen molar-refractivity contribution in [1.29, 1.82) is 0 Å². The Morgan fingerprint density at radius 2 is 1.92 bits per heavy atom. The van der Waals surface area contributed by atoms with Gasteiger partial charge in [0, 0.05) is 4.90 Å². The number of ether oxygens (including phenoxy) is 1. The van der Waals surface area contributed by atoms with Crippen molar-refractivity contribution in [3.05, 3.63) is 59.7 Å². The smallest absolute Gasteiger partial charge is 0.387 e. The molecule has 0 bridgehead atoms. The summed E-state index contributed by atoms with van der Waals surface area (Å²) < 4.78 is 28.6. The van der Waals surface area contributed by atoms with Crippen LogP contribution in [0.4, 0.5) is 8.78 Å². The van der Waals surface area contributed by atoms with E-state index in [4.69, 9.17) is 0 Å². The van der Waals surface area contributed by atoms with Gasteiger partial charge in [0.1, 0.15) is 5.75 Å². The third-order valence-corrected chi connectivity index (χ3v) is 5.22. The van der Waals surface area contributed by atoms with Gasteiger partial charge in [-0.05, 0) is 42.7 Å². The van der Waals surface area contributed by atoms with Crippen LogP contribution >= 0.6 is 11.8 Å². The molecule has 6 heteroatoms. The highest BCUT2D eigenvalue weighted by Crippen LogP contribution is 2.37. The van der Waals surface area contributed by atoms with Gasteiger partial charge < -0.3 is 10.1 Å². The second-order valence-electron chi connectivity index (χ2n) is 5.60. The third kappa shape index (κ3) is 3.87. The molecule has 1 amide bonds. The Labute approximate surface area is 143 Å². The van der Waals surface area contributed by atoms with E-state index < -0.39 is 6.61 Å². The highest BCUT2D eigenvalue weighted by molar-refractivity contribution is 8.01. The topological polar surface area (TPSA) is 38.3 Å². The zero-order valence-electron chi connectivity index (χ0n) is 13.0. The summed E-state index contributed by atoms with van der Waals surface area (Å²) in [6, 6.07) is 14.1. The predicted octanol–water partition coefficient (Wildman–Crippen LogP) is 4.18. The number of amides is 1. The Morgan fingerprint density at radius 3 is 2.58 bits per heavy atom. The van der Waals surface area contributed by atoms with Crippen LogP contribution in [0, 0.1) is 0 Å². The number of benzene rings is 2. The molecule has 2 aromatic carbocycles. The lowest BCUT2D eigenvalue weighted by Gasteiger charge is -2.17. The van der Waals surface area contributed by atoms with Crippen molar-refractivity contribution in [1.82, 2.24) is 5.32 Å². The quantitative estimate of drug-likeness (QED) is 0.880. The Morgan fingerprint density at radius 1 is 1.21 bits per heavy atom. The number of hydrogen-bond acceptors (Lipinski definition) is 3. The maximum atomic E-state index is 12.5. The highest BCUT2D eigenvalue weighted by Gasteiger charge is 2.28. The SMILES string of the molecule is CC(NC(=O)C1Cc2ccccc2S1)c1ccc(OC(F)F)cc1. The zero-order valence-corrected chi connectivity index (χ0v) is 13.9. The molecular formula is C18H17F2NO2S. The van der Waals surface area contributed by atoms with Crippen LogP contribution < -0.4 is 10.1 Å².